The van der Waals surface area contributed by atoms with Gasteiger partial charge in [-0.1, -0.05) is 30.3 Å². The molecule has 0 heterocycles. The maximum absolute atomic E-state index is 11.1. The van der Waals surface area contributed by atoms with Crippen molar-refractivity contribution >= 4 is 17.7 Å². The van der Waals surface area contributed by atoms with Gasteiger partial charge in [0.1, 0.15) is 10.9 Å². The third-order valence-electron chi connectivity index (χ3n) is 2.86. The van der Waals surface area contributed by atoms with Crippen LogP contribution in [0.25, 0.3) is 0 Å². The van der Waals surface area contributed by atoms with Crippen LogP contribution in [-0.4, -0.2) is 30.0 Å². The van der Waals surface area contributed by atoms with Gasteiger partial charge in [0, 0.05) is 6.92 Å². The number of carbonyl (C=O) groups excluding carboxylic acids is 1. The molecule has 17 heavy (non-hydrogen) atoms. The lowest BCUT2D eigenvalue weighted by Crippen LogP contribution is -2.40. The van der Waals surface area contributed by atoms with Crippen molar-refractivity contribution in [1.29, 1.82) is 0 Å². The van der Waals surface area contributed by atoms with Gasteiger partial charge in [0.25, 0.3) is 0 Å². The zero-order valence-electron chi connectivity index (χ0n) is 10.3. The number of ether oxygens (including phenoxy) is 1. The lowest BCUT2D eigenvalue weighted by molar-refractivity contribution is -0.147. The monoisotopic (exact) mass is 254 g/mol. The summed E-state index contributed by atoms with van der Waals surface area (Å²) < 4.78 is 4.63. The number of aliphatic hydroxyl groups excluding tert-OH is 1. The van der Waals surface area contributed by atoms with Gasteiger partial charge in [-0.15, -0.1) is 11.8 Å². The molecule has 1 N–H and O–H groups in total. The molecular weight excluding hydrogens is 236 g/mol. The molecule has 0 spiro atoms. The van der Waals surface area contributed by atoms with E-state index in [1.165, 1.54) is 18.7 Å². The highest BCUT2D eigenvalue weighted by Gasteiger charge is 2.39. The summed E-state index contributed by atoms with van der Waals surface area (Å²) in [5.41, 5.74) is 0.962. The molecule has 0 aliphatic heterocycles. The predicted molar refractivity (Wildman–Crippen MR) is 69.9 cm³/mol. The molecule has 0 aliphatic carbocycles. The van der Waals surface area contributed by atoms with Crippen molar-refractivity contribution in [3.63, 3.8) is 0 Å². The molecular formula is C13H18O3S. The number of aliphatic hydroxyl groups is 1. The van der Waals surface area contributed by atoms with Crippen LogP contribution in [0.4, 0.5) is 0 Å². The van der Waals surface area contributed by atoms with E-state index in [2.05, 4.69) is 0 Å². The molecule has 0 radical (unpaired) electrons. The Morgan fingerprint density at radius 2 is 2.06 bits per heavy atom. The highest BCUT2D eigenvalue weighted by atomic mass is 32.2. The minimum atomic E-state index is -0.604. The van der Waals surface area contributed by atoms with Crippen molar-refractivity contribution in [3.8, 4) is 0 Å². The van der Waals surface area contributed by atoms with E-state index in [1.807, 2.05) is 36.6 Å². The largest absolute Gasteiger partial charge is 0.461 e. The van der Waals surface area contributed by atoms with Crippen LogP contribution in [0.5, 0.6) is 0 Å². The Morgan fingerprint density at radius 3 is 2.47 bits per heavy atom. The highest BCUT2D eigenvalue weighted by molar-refractivity contribution is 7.99. The molecule has 94 valence electrons. The van der Waals surface area contributed by atoms with E-state index in [1.54, 1.807) is 6.92 Å². The molecule has 2 atom stereocenters. The molecule has 4 heteroatoms. The second kappa shape index (κ2) is 6.07. The van der Waals surface area contributed by atoms with Crippen LogP contribution >= 0.6 is 11.8 Å². The van der Waals surface area contributed by atoms with Crippen molar-refractivity contribution in [3.05, 3.63) is 35.9 Å². The van der Waals surface area contributed by atoms with Gasteiger partial charge in [0.05, 0.1) is 6.61 Å². The fraction of sp³-hybridized carbons (Fsp3) is 0.462. The molecule has 0 saturated carbocycles. The quantitative estimate of drug-likeness (QED) is 0.818. The van der Waals surface area contributed by atoms with E-state index in [0.29, 0.717) is 0 Å². The minimum Gasteiger partial charge on any atom is -0.461 e. The number of hydrogen-bond acceptors (Lipinski definition) is 4. The molecule has 0 unspecified atom stereocenters. The van der Waals surface area contributed by atoms with Crippen LogP contribution in [-0.2, 0) is 14.3 Å². The third kappa shape index (κ3) is 3.01. The lowest BCUT2D eigenvalue weighted by Gasteiger charge is -2.35. The van der Waals surface area contributed by atoms with E-state index in [4.69, 9.17) is 4.74 Å². The zero-order chi connectivity index (χ0) is 12.9. The van der Waals surface area contributed by atoms with Gasteiger partial charge < -0.3 is 9.84 Å². The summed E-state index contributed by atoms with van der Waals surface area (Å²) in [5.74, 6) is -0.333. The van der Waals surface area contributed by atoms with Gasteiger partial charge in [-0.3, -0.25) is 4.79 Å². The first-order chi connectivity index (χ1) is 8.06. The van der Waals surface area contributed by atoms with Crippen LogP contribution in [0.1, 0.15) is 19.4 Å². The zero-order valence-corrected chi connectivity index (χ0v) is 11.2. The minimum absolute atomic E-state index is 0.0768. The third-order valence-corrected chi connectivity index (χ3v) is 4.29. The van der Waals surface area contributed by atoms with Gasteiger partial charge in [0.15, 0.2) is 0 Å². The Balaban J connectivity index is 3.08. The van der Waals surface area contributed by atoms with Gasteiger partial charge in [0.2, 0.25) is 0 Å². The second-order valence-corrected chi connectivity index (χ2v) is 5.01. The molecule has 1 aromatic rings. The first-order valence-corrected chi connectivity index (χ1v) is 6.68. The normalized spacial score (nSPS) is 16.0. The summed E-state index contributed by atoms with van der Waals surface area (Å²) in [4.78, 5) is 11.1. The van der Waals surface area contributed by atoms with E-state index >= 15 is 0 Å². The maximum atomic E-state index is 11.1. The van der Waals surface area contributed by atoms with Crippen molar-refractivity contribution in [2.75, 3.05) is 12.9 Å². The first kappa shape index (κ1) is 14.1. The Bertz CT molecular complexity index is 360. The average Bonchev–Trinajstić information content (AvgIpc) is 2.32. The van der Waals surface area contributed by atoms with Crippen LogP contribution in [0.3, 0.4) is 0 Å². The molecule has 0 aromatic heterocycles. The molecule has 0 saturated heterocycles. The summed E-state index contributed by atoms with van der Waals surface area (Å²) in [7, 11) is 0. The number of benzene rings is 1. The second-order valence-electron chi connectivity index (χ2n) is 3.87. The number of hydrogen-bond donors (Lipinski definition) is 1. The summed E-state index contributed by atoms with van der Waals surface area (Å²) >= 11 is 1.49. The number of esters is 1. The fourth-order valence-corrected chi connectivity index (χ4v) is 2.75. The summed E-state index contributed by atoms with van der Waals surface area (Å²) in [5, 5.41) is 9.70. The van der Waals surface area contributed by atoms with Crippen LogP contribution in [0.2, 0.25) is 0 Å². The van der Waals surface area contributed by atoms with Crippen LogP contribution in [0, 0.1) is 0 Å². The van der Waals surface area contributed by atoms with Crippen molar-refractivity contribution in [1.82, 2.24) is 0 Å². The molecule has 1 aromatic carbocycles. The van der Waals surface area contributed by atoms with E-state index in [-0.39, 0.29) is 18.7 Å². The molecule has 0 amide bonds. The Labute approximate surface area is 106 Å². The van der Waals surface area contributed by atoms with Gasteiger partial charge in [-0.25, -0.2) is 0 Å². The summed E-state index contributed by atoms with van der Waals surface area (Å²) in [6.07, 6.45) is 1.52. The lowest BCUT2D eigenvalue weighted by atomic mass is 9.93. The Kier molecular flexibility index (Phi) is 5.02. The topological polar surface area (TPSA) is 46.5 Å². The molecule has 1 rings (SSSR count). The highest BCUT2D eigenvalue weighted by Crippen LogP contribution is 2.39. The van der Waals surface area contributed by atoms with Gasteiger partial charge >= 0.3 is 5.97 Å². The maximum Gasteiger partial charge on any atom is 0.302 e. The fourth-order valence-electron chi connectivity index (χ4n) is 1.87. The smallest absolute Gasteiger partial charge is 0.302 e. The Hall–Kier alpha value is -1.00. The Morgan fingerprint density at radius 1 is 1.47 bits per heavy atom. The van der Waals surface area contributed by atoms with Gasteiger partial charge in [-0.2, -0.15) is 0 Å². The standard InChI is InChI=1S/C13H18O3S/c1-10(16-11(2)15)13(9-14,17-3)12-7-5-4-6-8-12/h4-8,10,14H,9H2,1-3H3/t10-,13+/m0/s1. The van der Waals surface area contributed by atoms with E-state index in [0.717, 1.165) is 5.56 Å². The van der Waals surface area contributed by atoms with Crippen molar-refractivity contribution in [2.45, 2.75) is 24.7 Å². The first-order valence-electron chi connectivity index (χ1n) is 5.45. The summed E-state index contributed by atoms with van der Waals surface area (Å²) in [6.45, 7) is 3.11. The molecule has 0 aliphatic rings. The van der Waals surface area contributed by atoms with Gasteiger partial charge in [-0.05, 0) is 18.7 Å². The van der Waals surface area contributed by atoms with E-state index in [9.17, 15) is 9.90 Å². The summed E-state index contributed by atoms with van der Waals surface area (Å²) in [6, 6.07) is 9.62. The number of rotatable bonds is 5. The van der Waals surface area contributed by atoms with Crippen molar-refractivity contribution < 1.29 is 14.6 Å². The van der Waals surface area contributed by atoms with Crippen LogP contribution < -0.4 is 0 Å². The van der Waals surface area contributed by atoms with E-state index < -0.39 is 4.75 Å². The number of carbonyl (C=O) groups is 1. The average molecular weight is 254 g/mol. The van der Waals surface area contributed by atoms with Crippen LogP contribution in [0.15, 0.2) is 30.3 Å². The SMILES string of the molecule is CS[C@@](CO)(c1ccccc1)[C@H](C)OC(C)=O. The molecule has 3 nitrogen and oxygen atoms in total. The predicted octanol–water partition coefficient (Wildman–Crippen LogP) is 2.19. The number of thioether (sulfide) groups is 1. The molecule has 0 bridgehead atoms. The van der Waals surface area contributed by atoms with Crippen molar-refractivity contribution in [2.24, 2.45) is 0 Å². The molecule has 0 fully saturated rings.